The third-order valence-corrected chi connectivity index (χ3v) is 6.22. The van der Waals surface area contributed by atoms with Crippen molar-refractivity contribution in [3.8, 4) is 0 Å². The predicted molar refractivity (Wildman–Crippen MR) is 76.5 cm³/mol. The zero-order valence-electron chi connectivity index (χ0n) is 11.4. The summed E-state index contributed by atoms with van der Waals surface area (Å²) in [7, 11) is -3.75. The molecule has 1 aromatic heterocycles. The number of carboxylic acid groups (broad SMARTS) is 1. The summed E-state index contributed by atoms with van der Waals surface area (Å²) in [6, 6.07) is 1.18. The van der Waals surface area contributed by atoms with Gasteiger partial charge in [-0.15, -0.1) is 11.3 Å². The topological polar surface area (TPSA) is 104 Å². The molecule has 2 atom stereocenters. The smallest absolute Gasteiger partial charge is 0.326 e. The van der Waals surface area contributed by atoms with Gasteiger partial charge >= 0.3 is 5.97 Å². The summed E-state index contributed by atoms with van der Waals surface area (Å²) < 4.78 is 26.5. The van der Waals surface area contributed by atoms with Gasteiger partial charge in [-0.1, -0.05) is 6.07 Å². The number of thiophene rings is 1. The van der Waals surface area contributed by atoms with Gasteiger partial charge in [-0.25, -0.2) is 13.2 Å². The first-order valence-electron chi connectivity index (χ1n) is 6.42. The Labute approximate surface area is 126 Å². The molecule has 0 saturated carbocycles. The minimum atomic E-state index is -3.75. The highest BCUT2D eigenvalue weighted by atomic mass is 32.2. The highest BCUT2D eigenvalue weighted by molar-refractivity contribution is 7.91. The first-order valence-corrected chi connectivity index (χ1v) is 8.78. The lowest BCUT2D eigenvalue weighted by molar-refractivity contribution is -0.148. The minimum absolute atomic E-state index is 0.123. The highest BCUT2D eigenvalue weighted by Crippen LogP contribution is 2.20. The van der Waals surface area contributed by atoms with E-state index in [1.165, 1.54) is 17.9 Å². The lowest BCUT2D eigenvalue weighted by Crippen LogP contribution is -2.50. The van der Waals surface area contributed by atoms with Crippen molar-refractivity contribution in [2.45, 2.75) is 36.1 Å². The highest BCUT2D eigenvalue weighted by Gasteiger charge is 2.37. The van der Waals surface area contributed by atoms with Crippen molar-refractivity contribution < 1.29 is 23.1 Å². The molecule has 9 heteroatoms. The Morgan fingerprint density at radius 1 is 1.52 bits per heavy atom. The fraction of sp³-hybridized carbons (Fsp3) is 0.500. The van der Waals surface area contributed by atoms with Gasteiger partial charge in [0.15, 0.2) is 0 Å². The lowest BCUT2D eigenvalue weighted by atomic mass is 10.2. The molecule has 1 aromatic rings. The van der Waals surface area contributed by atoms with E-state index in [0.717, 1.165) is 11.3 Å². The number of carboxylic acids is 1. The number of hydrogen-bond acceptors (Lipinski definition) is 5. The molecule has 0 radical (unpaired) electrons. The van der Waals surface area contributed by atoms with Gasteiger partial charge in [-0.2, -0.15) is 4.72 Å². The molecule has 21 heavy (non-hydrogen) atoms. The van der Waals surface area contributed by atoms with Gasteiger partial charge in [0.2, 0.25) is 5.91 Å². The molecular weight excluding hydrogens is 316 g/mol. The Balaban J connectivity index is 2.08. The number of likely N-dealkylation sites (tertiary alicyclic amines) is 1. The van der Waals surface area contributed by atoms with Crippen LogP contribution in [0.3, 0.4) is 0 Å². The first-order chi connectivity index (χ1) is 9.83. The number of carbonyl (C=O) groups excluding carboxylic acids is 1. The van der Waals surface area contributed by atoms with Gasteiger partial charge < -0.3 is 10.0 Å². The van der Waals surface area contributed by atoms with Gasteiger partial charge in [0.05, 0.1) is 6.04 Å². The van der Waals surface area contributed by atoms with E-state index in [1.807, 2.05) is 0 Å². The van der Waals surface area contributed by atoms with Crippen molar-refractivity contribution in [2.24, 2.45) is 0 Å². The first kappa shape index (κ1) is 15.9. The van der Waals surface area contributed by atoms with Crippen LogP contribution >= 0.6 is 11.3 Å². The molecule has 0 aromatic carbocycles. The maximum atomic E-state index is 12.2. The molecule has 0 aliphatic carbocycles. The number of nitrogens with one attached hydrogen (secondary N) is 1. The summed E-state index contributed by atoms with van der Waals surface area (Å²) in [5.74, 6) is -1.57. The van der Waals surface area contributed by atoms with Crippen LogP contribution in [0.15, 0.2) is 21.7 Å². The zero-order chi connectivity index (χ0) is 15.6. The third-order valence-electron chi connectivity index (χ3n) is 3.28. The van der Waals surface area contributed by atoms with Crippen molar-refractivity contribution in [3.63, 3.8) is 0 Å². The van der Waals surface area contributed by atoms with Crippen LogP contribution in [-0.4, -0.2) is 48.9 Å². The van der Waals surface area contributed by atoms with Gasteiger partial charge in [0.1, 0.15) is 10.3 Å². The van der Waals surface area contributed by atoms with E-state index in [9.17, 15) is 18.0 Å². The summed E-state index contributed by atoms with van der Waals surface area (Å²) in [4.78, 5) is 24.6. The number of aliphatic carboxylic acids is 1. The molecule has 1 unspecified atom stereocenters. The molecule has 2 rings (SSSR count). The van der Waals surface area contributed by atoms with E-state index in [0.29, 0.717) is 19.4 Å². The maximum Gasteiger partial charge on any atom is 0.326 e. The zero-order valence-corrected chi connectivity index (χ0v) is 13.0. The van der Waals surface area contributed by atoms with Crippen molar-refractivity contribution in [1.29, 1.82) is 0 Å². The van der Waals surface area contributed by atoms with E-state index in [1.54, 1.807) is 11.4 Å². The van der Waals surface area contributed by atoms with Gasteiger partial charge in [-0.3, -0.25) is 4.79 Å². The predicted octanol–water partition coefficient (Wildman–Crippen LogP) is 0.490. The van der Waals surface area contributed by atoms with E-state index >= 15 is 0 Å². The second kappa shape index (κ2) is 6.12. The summed E-state index contributed by atoms with van der Waals surface area (Å²) in [6.07, 6.45) is 0.999. The van der Waals surface area contributed by atoms with Crippen LogP contribution < -0.4 is 4.72 Å². The Hall–Kier alpha value is -1.45. The van der Waals surface area contributed by atoms with Crippen LogP contribution in [0.2, 0.25) is 0 Å². The van der Waals surface area contributed by atoms with E-state index in [4.69, 9.17) is 5.11 Å². The minimum Gasteiger partial charge on any atom is -0.480 e. The molecule has 1 saturated heterocycles. The Morgan fingerprint density at radius 3 is 2.81 bits per heavy atom. The summed E-state index contributed by atoms with van der Waals surface area (Å²) in [5, 5.41) is 10.7. The van der Waals surface area contributed by atoms with Crippen LogP contribution in [-0.2, 0) is 19.6 Å². The number of sulfonamides is 1. The molecule has 1 fully saturated rings. The average Bonchev–Trinajstić information content (AvgIpc) is 3.08. The average molecular weight is 332 g/mol. The van der Waals surface area contributed by atoms with Crippen molar-refractivity contribution in [1.82, 2.24) is 9.62 Å². The lowest BCUT2D eigenvalue weighted by Gasteiger charge is -2.25. The van der Waals surface area contributed by atoms with Crippen LogP contribution in [0.1, 0.15) is 19.8 Å². The third kappa shape index (κ3) is 3.42. The summed E-state index contributed by atoms with van der Waals surface area (Å²) in [6.45, 7) is 1.76. The fourth-order valence-electron chi connectivity index (χ4n) is 2.29. The van der Waals surface area contributed by atoms with Crippen LogP contribution in [0.5, 0.6) is 0 Å². The Kier molecular flexibility index (Phi) is 4.64. The fourth-order valence-corrected chi connectivity index (χ4v) is 4.50. The Bertz CT molecular complexity index is 626. The van der Waals surface area contributed by atoms with E-state index < -0.39 is 34.0 Å². The number of amides is 1. The number of nitrogens with zero attached hydrogens (tertiary/aromatic N) is 1. The van der Waals surface area contributed by atoms with E-state index in [2.05, 4.69) is 4.72 Å². The maximum absolute atomic E-state index is 12.2. The van der Waals surface area contributed by atoms with Crippen LogP contribution in [0.25, 0.3) is 0 Å². The Morgan fingerprint density at radius 2 is 2.24 bits per heavy atom. The number of rotatable bonds is 5. The largest absolute Gasteiger partial charge is 0.480 e. The SMILES string of the molecule is CC(NS(=O)(=O)c1cccs1)C(=O)N1CCC[C@@H]1C(=O)O. The van der Waals surface area contributed by atoms with Crippen molar-refractivity contribution >= 4 is 33.2 Å². The standard InChI is InChI=1S/C12H16N2O5S2/c1-8(13-21(18,19)10-5-3-7-20-10)11(15)14-6-2-4-9(14)12(16)17/h3,5,7-9,13H,2,4,6H2,1H3,(H,16,17)/t8?,9-/m1/s1. The molecular formula is C12H16N2O5S2. The normalized spacial score (nSPS) is 20.4. The second-order valence-electron chi connectivity index (χ2n) is 4.80. The van der Waals surface area contributed by atoms with Gasteiger partial charge in [-0.05, 0) is 31.2 Å². The molecule has 0 spiro atoms. The second-order valence-corrected chi connectivity index (χ2v) is 7.69. The summed E-state index contributed by atoms with van der Waals surface area (Å²) >= 11 is 1.05. The monoisotopic (exact) mass is 332 g/mol. The molecule has 1 aliphatic rings. The quantitative estimate of drug-likeness (QED) is 0.817. The van der Waals surface area contributed by atoms with E-state index in [-0.39, 0.29) is 4.21 Å². The number of hydrogen-bond donors (Lipinski definition) is 2. The van der Waals surface area contributed by atoms with Crippen LogP contribution in [0.4, 0.5) is 0 Å². The number of carbonyl (C=O) groups is 2. The molecule has 1 aliphatic heterocycles. The molecule has 2 N–H and O–H groups in total. The van der Waals surface area contributed by atoms with Crippen molar-refractivity contribution in [2.75, 3.05) is 6.54 Å². The van der Waals surface area contributed by atoms with Gasteiger partial charge in [0, 0.05) is 6.54 Å². The van der Waals surface area contributed by atoms with Crippen molar-refractivity contribution in [3.05, 3.63) is 17.5 Å². The molecule has 2 heterocycles. The molecule has 1 amide bonds. The van der Waals surface area contributed by atoms with Crippen LogP contribution in [0, 0.1) is 0 Å². The molecule has 116 valence electrons. The van der Waals surface area contributed by atoms with Gasteiger partial charge in [0.25, 0.3) is 10.0 Å². The molecule has 7 nitrogen and oxygen atoms in total. The summed E-state index contributed by atoms with van der Waals surface area (Å²) in [5.41, 5.74) is 0. The molecule has 0 bridgehead atoms.